The molecule has 0 spiro atoms. The van der Waals surface area contributed by atoms with Gasteiger partial charge in [0.25, 0.3) is 0 Å². The maximum absolute atomic E-state index is 9.54. The van der Waals surface area contributed by atoms with Gasteiger partial charge < -0.3 is 19.7 Å². The minimum absolute atomic E-state index is 0.288. The van der Waals surface area contributed by atoms with Crippen LogP contribution in [0.4, 0.5) is 0 Å². The number of methoxy groups -OCH3 is 2. The zero-order chi connectivity index (χ0) is 18.5. The fraction of sp³-hybridized carbons (Fsp3) is 0.0909. The quantitative estimate of drug-likeness (QED) is 0.529. The van der Waals surface area contributed by atoms with Gasteiger partial charge >= 0.3 is 0 Å². The van der Waals surface area contributed by atoms with E-state index in [-0.39, 0.29) is 11.5 Å². The second-order valence-electron chi connectivity index (χ2n) is 5.67. The maximum Gasteiger partial charge on any atom is 0.126 e. The first-order valence-electron chi connectivity index (χ1n) is 8.15. The maximum atomic E-state index is 9.54. The summed E-state index contributed by atoms with van der Waals surface area (Å²) in [6.07, 6.45) is 0. The van der Waals surface area contributed by atoms with Crippen molar-refractivity contribution in [3.8, 4) is 23.0 Å². The van der Waals surface area contributed by atoms with E-state index in [0.29, 0.717) is 0 Å². The second kappa shape index (κ2) is 7.66. The van der Waals surface area contributed by atoms with Gasteiger partial charge in [-0.05, 0) is 24.3 Å². The Morgan fingerprint density at radius 3 is 1.19 bits per heavy atom. The van der Waals surface area contributed by atoms with Gasteiger partial charge in [0.05, 0.1) is 14.2 Å². The zero-order valence-electron chi connectivity index (χ0n) is 14.6. The Bertz CT molecular complexity index is 955. The summed E-state index contributed by atoms with van der Waals surface area (Å²) in [5, 5.41) is 22.6. The van der Waals surface area contributed by atoms with Crippen LogP contribution in [0.15, 0.2) is 72.8 Å². The lowest BCUT2D eigenvalue weighted by molar-refractivity contribution is 0.418. The summed E-state index contributed by atoms with van der Waals surface area (Å²) in [5.74, 6) is 2.15. The lowest BCUT2D eigenvalue weighted by Gasteiger charge is -2.05. The molecule has 0 aromatic heterocycles. The van der Waals surface area contributed by atoms with Crippen LogP contribution >= 0.6 is 0 Å². The minimum Gasteiger partial charge on any atom is -0.507 e. The molecule has 4 aromatic rings. The molecule has 4 rings (SSSR count). The lowest BCUT2D eigenvalue weighted by Crippen LogP contribution is -1.84. The van der Waals surface area contributed by atoms with E-state index in [1.54, 1.807) is 38.5 Å². The van der Waals surface area contributed by atoms with Crippen molar-refractivity contribution in [3.05, 3.63) is 72.8 Å². The first-order valence-corrected chi connectivity index (χ1v) is 8.15. The Labute approximate surface area is 151 Å². The van der Waals surface area contributed by atoms with Crippen LogP contribution in [0.3, 0.4) is 0 Å². The summed E-state index contributed by atoms with van der Waals surface area (Å²) < 4.78 is 10.3. The number of hydrogen-bond donors (Lipinski definition) is 2. The lowest BCUT2D eigenvalue weighted by atomic mass is 10.1. The van der Waals surface area contributed by atoms with Crippen molar-refractivity contribution in [3.63, 3.8) is 0 Å². The number of rotatable bonds is 2. The van der Waals surface area contributed by atoms with Crippen molar-refractivity contribution in [2.75, 3.05) is 14.2 Å². The molecule has 0 aliphatic rings. The van der Waals surface area contributed by atoms with Gasteiger partial charge in [0, 0.05) is 21.5 Å². The van der Waals surface area contributed by atoms with E-state index >= 15 is 0 Å². The molecule has 4 aromatic carbocycles. The molecule has 4 nitrogen and oxygen atoms in total. The first kappa shape index (κ1) is 17.4. The predicted molar refractivity (Wildman–Crippen MR) is 104 cm³/mol. The molecule has 0 aliphatic carbocycles. The fourth-order valence-corrected chi connectivity index (χ4v) is 2.87. The summed E-state index contributed by atoms with van der Waals surface area (Å²) in [5.41, 5.74) is 0. The molecular weight excluding hydrogens is 328 g/mol. The Hall–Kier alpha value is -3.40. The summed E-state index contributed by atoms with van der Waals surface area (Å²) in [7, 11) is 3.25. The minimum atomic E-state index is 0.288. The highest BCUT2D eigenvalue weighted by Gasteiger charge is 2.04. The Balaban J connectivity index is 0.000000151. The molecule has 0 amide bonds. The highest BCUT2D eigenvalue weighted by atomic mass is 16.5. The highest BCUT2D eigenvalue weighted by Crippen LogP contribution is 2.32. The zero-order valence-corrected chi connectivity index (χ0v) is 14.6. The van der Waals surface area contributed by atoms with Gasteiger partial charge in [-0.3, -0.25) is 0 Å². The Morgan fingerprint density at radius 1 is 0.500 bits per heavy atom. The van der Waals surface area contributed by atoms with Crippen LogP contribution < -0.4 is 9.47 Å². The number of hydrogen-bond acceptors (Lipinski definition) is 4. The normalized spacial score (nSPS) is 10.2. The molecule has 26 heavy (non-hydrogen) atoms. The second-order valence-corrected chi connectivity index (χ2v) is 5.67. The number of phenolic OH excluding ortho intramolecular Hbond substituents is 2. The molecule has 0 heterocycles. The van der Waals surface area contributed by atoms with Gasteiger partial charge in [0.15, 0.2) is 0 Å². The third kappa shape index (κ3) is 3.35. The van der Waals surface area contributed by atoms with Crippen LogP contribution in [-0.2, 0) is 0 Å². The summed E-state index contributed by atoms with van der Waals surface area (Å²) in [4.78, 5) is 0. The topological polar surface area (TPSA) is 58.9 Å². The summed E-state index contributed by atoms with van der Waals surface area (Å²) >= 11 is 0. The summed E-state index contributed by atoms with van der Waals surface area (Å²) in [6, 6.07) is 22.0. The SMILES string of the molecule is COc1ccc(O)c2ccccc12.COc1ccc(O)c2ccccc12. The van der Waals surface area contributed by atoms with E-state index in [1.165, 1.54) is 0 Å². The fourth-order valence-electron chi connectivity index (χ4n) is 2.87. The molecule has 0 atom stereocenters. The van der Waals surface area contributed by atoms with Gasteiger partial charge in [-0.1, -0.05) is 48.5 Å². The molecule has 2 N–H and O–H groups in total. The van der Waals surface area contributed by atoms with Crippen molar-refractivity contribution in [1.29, 1.82) is 0 Å². The molecule has 0 radical (unpaired) electrons. The van der Waals surface area contributed by atoms with Gasteiger partial charge in [-0.25, -0.2) is 0 Å². The van der Waals surface area contributed by atoms with Crippen molar-refractivity contribution >= 4 is 21.5 Å². The number of benzene rings is 4. The number of phenols is 2. The van der Waals surface area contributed by atoms with E-state index in [0.717, 1.165) is 33.0 Å². The molecule has 0 unspecified atom stereocenters. The monoisotopic (exact) mass is 348 g/mol. The van der Waals surface area contributed by atoms with Crippen LogP contribution in [0.25, 0.3) is 21.5 Å². The van der Waals surface area contributed by atoms with Crippen LogP contribution in [0.2, 0.25) is 0 Å². The predicted octanol–water partition coefficient (Wildman–Crippen LogP) is 5.11. The van der Waals surface area contributed by atoms with E-state index in [9.17, 15) is 10.2 Å². The molecule has 0 aliphatic heterocycles. The molecule has 0 saturated carbocycles. The van der Waals surface area contributed by atoms with Gasteiger partial charge in [-0.15, -0.1) is 0 Å². The van der Waals surface area contributed by atoms with Crippen molar-refractivity contribution in [2.45, 2.75) is 0 Å². The average Bonchev–Trinajstić information content (AvgIpc) is 2.70. The van der Waals surface area contributed by atoms with Gasteiger partial charge in [0.2, 0.25) is 0 Å². The van der Waals surface area contributed by atoms with Crippen molar-refractivity contribution < 1.29 is 19.7 Å². The van der Waals surface area contributed by atoms with Crippen molar-refractivity contribution in [1.82, 2.24) is 0 Å². The number of aromatic hydroxyl groups is 2. The Morgan fingerprint density at radius 2 is 0.846 bits per heavy atom. The van der Waals surface area contributed by atoms with Crippen LogP contribution in [0.5, 0.6) is 23.0 Å². The molecular formula is C22H20O4. The van der Waals surface area contributed by atoms with Gasteiger partial charge in [-0.2, -0.15) is 0 Å². The van der Waals surface area contributed by atoms with Crippen molar-refractivity contribution in [2.24, 2.45) is 0 Å². The standard InChI is InChI=1S/2C11H10O2/c2*1-13-11-7-6-10(12)8-4-2-3-5-9(8)11/h2*2-7,12H,1H3. The number of fused-ring (bicyclic) bond motifs is 2. The molecule has 0 bridgehead atoms. The third-order valence-corrected chi connectivity index (χ3v) is 4.16. The first-order chi connectivity index (χ1) is 12.7. The van der Waals surface area contributed by atoms with E-state index in [2.05, 4.69) is 0 Å². The van der Waals surface area contributed by atoms with E-state index in [1.807, 2.05) is 48.5 Å². The molecule has 0 fully saturated rings. The van der Waals surface area contributed by atoms with Gasteiger partial charge in [0.1, 0.15) is 23.0 Å². The van der Waals surface area contributed by atoms with Crippen LogP contribution in [-0.4, -0.2) is 24.4 Å². The van der Waals surface area contributed by atoms with Crippen LogP contribution in [0.1, 0.15) is 0 Å². The third-order valence-electron chi connectivity index (χ3n) is 4.16. The molecule has 0 saturated heterocycles. The smallest absolute Gasteiger partial charge is 0.126 e. The summed E-state index contributed by atoms with van der Waals surface area (Å²) in [6.45, 7) is 0. The van der Waals surface area contributed by atoms with E-state index in [4.69, 9.17) is 9.47 Å². The average molecular weight is 348 g/mol. The molecule has 132 valence electrons. The van der Waals surface area contributed by atoms with E-state index < -0.39 is 0 Å². The molecule has 4 heteroatoms. The largest absolute Gasteiger partial charge is 0.507 e. The Kier molecular flexibility index (Phi) is 5.13. The van der Waals surface area contributed by atoms with Crippen LogP contribution in [0, 0.1) is 0 Å². The highest BCUT2D eigenvalue weighted by molar-refractivity contribution is 5.93. The number of ether oxygens (including phenoxy) is 2.